The Morgan fingerprint density at radius 3 is 2.32 bits per heavy atom. The van der Waals surface area contributed by atoms with Gasteiger partial charge >= 0.3 is 5.97 Å². The lowest BCUT2D eigenvalue weighted by atomic mass is 9.85. The van der Waals surface area contributed by atoms with E-state index >= 15 is 0 Å². The van der Waals surface area contributed by atoms with Crippen LogP contribution in [0.15, 0.2) is 24.3 Å². The number of carboxylic acids is 1. The van der Waals surface area contributed by atoms with Gasteiger partial charge in [-0.3, -0.25) is 0 Å². The fourth-order valence-corrected chi connectivity index (χ4v) is 2.24. The zero-order valence-electron chi connectivity index (χ0n) is 11.6. The molecule has 0 saturated carbocycles. The zero-order chi connectivity index (χ0) is 14.4. The van der Waals surface area contributed by atoms with E-state index in [1.807, 2.05) is 18.2 Å². The van der Waals surface area contributed by atoms with Crippen molar-refractivity contribution in [3.8, 4) is 5.75 Å². The fourth-order valence-electron chi connectivity index (χ4n) is 2.24. The predicted octanol–water partition coefficient (Wildman–Crippen LogP) is 3.85. The summed E-state index contributed by atoms with van der Waals surface area (Å²) in [6.45, 7) is 7.91. The molecule has 0 aliphatic rings. The largest absolute Gasteiger partial charge is 0.508 e. The third kappa shape index (κ3) is 2.28. The van der Waals surface area contributed by atoms with Crippen LogP contribution in [0.5, 0.6) is 5.75 Å². The molecule has 0 radical (unpaired) electrons. The summed E-state index contributed by atoms with van der Waals surface area (Å²) in [5.74, 6) is -0.988. The quantitative estimate of drug-likeness (QED) is 0.816. The summed E-state index contributed by atoms with van der Waals surface area (Å²) in [6.07, 6.45) is 0. The van der Waals surface area contributed by atoms with Crippen molar-refractivity contribution >= 4 is 16.7 Å². The number of phenols is 1. The van der Waals surface area contributed by atoms with Crippen LogP contribution in [0.2, 0.25) is 0 Å². The molecule has 0 atom stereocenters. The molecule has 2 N–H and O–H groups in total. The van der Waals surface area contributed by atoms with Gasteiger partial charge in [-0.15, -0.1) is 0 Å². The molecule has 2 aromatic carbocycles. The van der Waals surface area contributed by atoms with E-state index in [0.29, 0.717) is 10.9 Å². The summed E-state index contributed by atoms with van der Waals surface area (Å²) >= 11 is 0. The number of fused-ring (bicyclic) bond motifs is 1. The normalized spacial score (nSPS) is 11.8. The van der Waals surface area contributed by atoms with E-state index < -0.39 is 5.97 Å². The highest BCUT2D eigenvalue weighted by atomic mass is 16.4. The van der Waals surface area contributed by atoms with Gasteiger partial charge in [-0.1, -0.05) is 39.0 Å². The monoisotopic (exact) mass is 258 g/mol. The maximum atomic E-state index is 11.4. The Balaban J connectivity index is 2.83. The molecule has 0 aliphatic heterocycles. The lowest BCUT2D eigenvalue weighted by Gasteiger charge is -2.20. The first kappa shape index (κ1) is 13.4. The number of aromatic carboxylic acids is 1. The van der Waals surface area contributed by atoms with E-state index in [2.05, 4.69) is 20.8 Å². The minimum atomic E-state index is -1.01. The number of hydrogen-bond acceptors (Lipinski definition) is 2. The van der Waals surface area contributed by atoms with Crippen LogP contribution >= 0.6 is 0 Å². The SMILES string of the molecule is Cc1c(O)cc2cc(C(C)(C)C)ccc2c1C(=O)O. The van der Waals surface area contributed by atoms with Gasteiger partial charge in [-0.25, -0.2) is 4.79 Å². The molecule has 0 heterocycles. The average molecular weight is 258 g/mol. The van der Waals surface area contributed by atoms with Gasteiger partial charge in [-0.2, -0.15) is 0 Å². The molecule has 0 amide bonds. The lowest BCUT2D eigenvalue weighted by molar-refractivity contribution is 0.0698. The molecule has 100 valence electrons. The second kappa shape index (κ2) is 4.26. The third-order valence-electron chi connectivity index (χ3n) is 3.45. The van der Waals surface area contributed by atoms with Crippen molar-refractivity contribution in [2.24, 2.45) is 0 Å². The molecule has 0 unspecified atom stereocenters. The number of phenolic OH excluding ortho intramolecular Hbond substituents is 1. The van der Waals surface area contributed by atoms with Crippen LogP contribution in [0.3, 0.4) is 0 Å². The zero-order valence-corrected chi connectivity index (χ0v) is 11.6. The highest BCUT2D eigenvalue weighted by Gasteiger charge is 2.18. The summed E-state index contributed by atoms with van der Waals surface area (Å²) in [4.78, 5) is 11.4. The first-order chi connectivity index (χ1) is 8.71. The van der Waals surface area contributed by atoms with E-state index in [4.69, 9.17) is 0 Å². The molecule has 2 aromatic rings. The van der Waals surface area contributed by atoms with Crippen LogP contribution in [0.1, 0.15) is 42.3 Å². The van der Waals surface area contributed by atoms with Crippen LogP contribution in [-0.2, 0) is 5.41 Å². The predicted molar refractivity (Wildman–Crippen MR) is 76.0 cm³/mol. The van der Waals surface area contributed by atoms with Gasteiger partial charge in [0.25, 0.3) is 0 Å². The number of carbonyl (C=O) groups is 1. The number of carboxylic acid groups (broad SMARTS) is 1. The molecule has 0 spiro atoms. The van der Waals surface area contributed by atoms with Gasteiger partial charge in [-0.05, 0) is 34.7 Å². The van der Waals surface area contributed by atoms with E-state index in [-0.39, 0.29) is 16.7 Å². The Bertz CT molecular complexity index is 664. The average Bonchev–Trinajstić information content (AvgIpc) is 2.28. The molecule has 0 aromatic heterocycles. The highest BCUT2D eigenvalue weighted by Crippen LogP contribution is 2.33. The number of aromatic hydroxyl groups is 1. The topological polar surface area (TPSA) is 57.5 Å². The minimum absolute atomic E-state index is 0.0158. The van der Waals surface area contributed by atoms with Crippen molar-refractivity contribution in [2.45, 2.75) is 33.1 Å². The van der Waals surface area contributed by atoms with Crippen LogP contribution < -0.4 is 0 Å². The molecule has 0 bridgehead atoms. The molecule has 3 nitrogen and oxygen atoms in total. The van der Waals surface area contributed by atoms with Crippen molar-refractivity contribution in [2.75, 3.05) is 0 Å². The number of rotatable bonds is 1. The van der Waals surface area contributed by atoms with Gasteiger partial charge in [0.1, 0.15) is 5.75 Å². The maximum absolute atomic E-state index is 11.4. The molecule has 19 heavy (non-hydrogen) atoms. The van der Waals surface area contributed by atoms with Crippen molar-refractivity contribution in [1.82, 2.24) is 0 Å². The molecular weight excluding hydrogens is 240 g/mol. The molecule has 0 fully saturated rings. The van der Waals surface area contributed by atoms with Gasteiger partial charge in [0.05, 0.1) is 5.56 Å². The number of benzene rings is 2. The standard InChI is InChI=1S/C16H18O3/c1-9-13(17)8-10-7-11(16(2,3)4)5-6-12(10)14(9)15(18)19/h5-8,17H,1-4H3,(H,18,19). The summed E-state index contributed by atoms with van der Waals surface area (Å²) < 4.78 is 0. The minimum Gasteiger partial charge on any atom is -0.508 e. The van der Waals surface area contributed by atoms with Gasteiger partial charge in [0, 0.05) is 5.56 Å². The highest BCUT2D eigenvalue weighted by molar-refractivity contribution is 6.06. The lowest BCUT2D eigenvalue weighted by Crippen LogP contribution is -2.11. The first-order valence-corrected chi connectivity index (χ1v) is 6.22. The van der Waals surface area contributed by atoms with Gasteiger partial charge in [0.15, 0.2) is 0 Å². The summed E-state index contributed by atoms with van der Waals surface area (Å²) in [7, 11) is 0. The van der Waals surface area contributed by atoms with Gasteiger partial charge in [0.2, 0.25) is 0 Å². The Kier molecular flexibility index (Phi) is 3.01. The first-order valence-electron chi connectivity index (χ1n) is 6.22. The van der Waals surface area contributed by atoms with E-state index in [1.54, 1.807) is 13.0 Å². The van der Waals surface area contributed by atoms with Gasteiger partial charge < -0.3 is 10.2 Å². The Hall–Kier alpha value is -2.03. The summed E-state index contributed by atoms with van der Waals surface area (Å²) in [6, 6.07) is 7.35. The van der Waals surface area contributed by atoms with Crippen molar-refractivity contribution < 1.29 is 15.0 Å². The summed E-state index contributed by atoms with van der Waals surface area (Å²) in [5.41, 5.74) is 1.68. The van der Waals surface area contributed by atoms with E-state index in [9.17, 15) is 15.0 Å². The molecule has 0 aliphatic carbocycles. The Morgan fingerprint density at radius 1 is 1.16 bits per heavy atom. The van der Waals surface area contributed by atoms with Crippen LogP contribution in [0.25, 0.3) is 10.8 Å². The van der Waals surface area contributed by atoms with Crippen LogP contribution in [0, 0.1) is 6.92 Å². The molecular formula is C16H18O3. The molecule has 3 heteroatoms. The molecule has 0 saturated heterocycles. The van der Waals surface area contributed by atoms with Crippen LogP contribution in [-0.4, -0.2) is 16.2 Å². The molecule has 2 rings (SSSR count). The Labute approximate surface area is 112 Å². The van der Waals surface area contributed by atoms with Crippen molar-refractivity contribution in [1.29, 1.82) is 0 Å². The van der Waals surface area contributed by atoms with E-state index in [1.165, 1.54) is 0 Å². The summed E-state index contributed by atoms with van der Waals surface area (Å²) in [5, 5.41) is 20.6. The second-order valence-electron chi connectivity index (χ2n) is 5.89. The van der Waals surface area contributed by atoms with Crippen molar-refractivity contribution in [3.63, 3.8) is 0 Å². The third-order valence-corrected chi connectivity index (χ3v) is 3.45. The Morgan fingerprint density at radius 2 is 1.79 bits per heavy atom. The number of hydrogen-bond donors (Lipinski definition) is 2. The maximum Gasteiger partial charge on any atom is 0.336 e. The smallest absolute Gasteiger partial charge is 0.336 e. The van der Waals surface area contributed by atoms with Crippen LogP contribution in [0.4, 0.5) is 0 Å². The van der Waals surface area contributed by atoms with Crippen molar-refractivity contribution in [3.05, 3.63) is 41.0 Å². The van der Waals surface area contributed by atoms with E-state index in [0.717, 1.165) is 10.9 Å². The fraction of sp³-hybridized carbons (Fsp3) is 0.312. The second-order valence-corrected chi connectivity index (χ2v) is 5.89.